The fourth-order valence-electron chi connectivity index (χ4n) is 0.970. The molecule has 0 aromatic carbocycles. The van der Waals surface area contributed by atoms with Gasteiger partial charge in [-0.2, -0.15) is 13.1 Å². The average Bonchev–Trinajstić information content (AvgIpc) is 2.14. The highest BCUT2D eigenvalue weighted by Gasteiger charge is 2.24. The van der Waals surface area contributed by atoms with E-state index in [4.69, 9.17) is 0 Å². The van der Waals surface area contributed by atoms with Gasteiger partial charge < -0.3 is 5.11 Å². The van der Waals surface area contributed by atoms with Crippen LogP contribution in [0.15, 0.2) is 0 Å². The van der Waals surface area contributed by atoms with Crippen molar-refractivity contribution in [3.63, 3.8) is 0 Å². The first-order valence-corrected chi connectivity index (χ1v) is 6.34. The van der Waals surface area contributed by atoms with Crippen LogP contribution in [0.2, 0.25) is 0 Å². The lowest BCUT2D eigenvalue weighted by Gasteiger charge is -2.25. The molecule has 86 valence electrons. The monoisotopic (exact) mass is 224 g/mol. The minimum Gasteiger partial charge on any atom is -0.389 e. The second-order valence-corrected chi connectivity index (χ2v) is 4.84. The average molecular weight is 224 g/mol. The first kappa shape index (κ1) is 13.8. The normalized spacial score (nSPS) is 13.1. The number of aliphatic hydroxyl groups is 1. The largest absolute Gasteiger partial charge is 0.389 e. The van der Waals surface area contributed by atoms with E-state index < -0.39 is 15.8 Å². The van der Waals surface area contributed by atoms with E-state index in [9.17, 15) is 13.5 Å². The summed E-state index contributed by atoms with van der Waals surface area (Å²) in [6, 6.07) is 0. The van der Waals surface area contributed by atoms with Gasteiger partial charge in [0.15, 0.2) is 0 Å². The summed E-state index contributed by atoms with van der Waals surface area (Å²) in [7, 11) is -3.45. The molecule has 0 bridgehead atoms. The van der Waals surface area contributed by atoms with Crippen LogP contribution in [0, 0.1) is 0 Å². The molecule has 0 aromatic rings. The molecule has 0 rings (SSSR count). The van der Waals surface area contributed by atoms with Crippen LogP contribution >= 0.6 is 0 Å². The molecule has 0 aromatic heterocycles. The lowest BCUT2D eigenvalue weighted by molar-refractivity contribution is 0.0376. The van der Waals surface area contributed by atoms with Gasteiger partial charge in [0.05, 0.1) is 5.60 Å². The number of hydrogen-bond donors (Lipinski definition) is 3. The Morgan fingerprint density at radius 2 is 1.64 bits per heavy atom. The van der Waals surface area contributed by atoms with Crippen molar-refractivity contribution in [2.24, 2.45) is 0 Å². The summed E-state index contributed by atoms with van der Waals surface area (Å²) in [5, 5.41) is 9.81. The Morgan fingerprint density at radius 1 is 1.14 bits per heavy atom. The maximum Gasteiger partial charge on any atom is 0.276 e. The second-order valence-electron chi connectivity index (χ2n) is 3.25. The number of nitrogens with one attached hydrogen (secondary N) is 2. The predicted molar refractivity (Wildman–Crippen MR) is 56.1 cm³/mol. The number of hydrogen-bond acceptors (Lipinski definition) is 3. The van der Waals surface area contributed by atoms with Crippen LogP contribution in [0.4, 0.5) is 0 Å². The van der Waals surface area contributed by atoms with Gasteiger partial charge >= 0.3 is 0 Å². The van der Waals surface area contributed by atoms with Crippen molar-refractivity contribution < 1.29 is 13.5 Å². The SMILES string of the molecule is CCNS(=O)(=O)NCC(O)(CC)CC. The molecule has 0 fully saturated rings. The maximum atomic E-state index is 11.2. The van der Waals surface area contributed by atoms with E-state index in [1.165, 1.54) is 0 Å². The van der Waals surface area contributed by atoms with Gasteiger partial charge in [-0.15, -0.1) is 0 Å². The van der Waals surface area contributed by atoms with E-state index in [1.807, 2.05) is 13.8 Å². The molecule has 6 heteroatoms. The summed E-state index contributed by atoms with van der Waals surface area (Å²) < 4.78 is 27.0. The summed E-state index contributed by atoms with van der Waals surface area (Å²) >= 11 is 0. The van der Waals surface area contributed by atoms with Crippen LogP contribution in [-0.4, -0.2) is 32.2 Å². The van der Waals surface area contributed by atoms with Gasteiger partial charge in [-0.3, -0.25) is 0 Å². The Balaban J connectivity index is 4.16. The Bertz CT molecular complexity index is 247. The summed E-state index contributed by atoms with van der Waals surface area (Å²) in [6.45, 7) is 5.74. The van der Waals surface area contributed by atoms with E-state index in [-0.39, 0.29) is 6.54 Å². The molecule has 0 atom stereocenters. The molecule has 0 spiro atoms. The van der Waals surface area contributed by atoms with Gasteiger partial charge in [0.2, 0.25) is 0 Å². The first-order valence-electron chi connectivity index (χ1n) is 4.85. The molecule has 14 heavy (non-hydrogen) atoms. The highest BCUT2D eigenvalue weighted by molar-refractivity contribution is 7.87. The van der Waals surface area contributed by atoms with Crippen molar-refractivity contribution in [2.75, 3.05) is 13.1 Å². The highest BCUT2D eigenvalue weighted by Crippen LogP contribution is 2.12. The van der Waals surface area contributed by atoms with Crippen molar-refractivity contribution in [2.45, 2.75) is 39.2 Å². The molecule has 0 saturated carbocycles. The molecule has 0 heterocycles. The molecule has 0 radical (unpaired) electrons. The molecule has 0 aliphatic carbocycles. The van der Waals surface area contributed by atoms with Gasteiger partial charge in [0.25, 0.3) is 10.2 Å². The lowest BCUT2D eigenvalue weighted by atomic mass is 9.98. The molecular formula is C8H20N2O3S. The minimum atomic E-state index is -3.45. The van der Waals surface area contributed by atoms with Gasteiger partial charge in [-0.1, -0.05) is 20.8 Å². The second kappa shape index (κ2) is 5.65. The minimum absolute atomic E-state index is 0.0509. The quantitative estimate of drug-likeness (QED) is 0.569. The molecular weight excluding hydrogens is 204 g/mol. The summed E-state index contributed by atoms with van der Waals surface area (Å²) in [5.74, 6) is 0. The predicted octanol–water partition coefficient (Wildman–Crippen LogP) is -0.0186. The molecule has 5 nitrogen and oxygen atoms in total. The van der Waals surface area contributed by atoms with Crippen LogP contribution in [0.5, 0.6) is 0 Å². The summed E-state index contributed by atoms with van der Waals surface area (Å²) in [5.41, 5.74) is -0.942. The fourth-order valence-corrected chi connectivity index (χ4v) is 1.91. The Morgan fingerprint density at radius 3 is 2.00 bits per heavy atom. The molecule has 0 aliphatic heterocycles. The van der Waals surface area contributed by atoms with Crippen molar-refractivity contribution >= 4 is 10.2 Å². The topological polar surface area (TPSA) is 78.4 Å². The summed E-state index contributed by atoms with van der Waals surface area (Å²) in [6.07, 6.45) is 1.05. The van der Waals surface area contributed by atoms with Gasteiger partial charge in [0, 0.05) is 13.1 Å². The molecule has 0 amide bonds. The highest BCUT2D eigenvalue weighted by atomic mass is 32.2. The maximum absolute atomic E-state index is 11.2. The Hall–Kier alpha value is -0.170. The van der Waals surface area contributed by atoms with E-state index in [0.717, 1.165) is 0 Å². The van der Waals surface area contributed by atoms with Crippen LogP contribution in [0.1, 0.15) is 33.6 Å². The standard InChI is InChI=1S/C8H20N2O3S/c1-4-8(11,5-2)7-10-14(12,13)9-6-3/h9-11H,4-7H2,1-3H3. The molecule has 0 aliphatic rings. The lowest BCUT2D eigenvalue weighted by Crippen LogP contribution is -2.46. The van der Waals surface area contributed by atoms with Gasteiger partial charge in [-0.25, -0.2) is 4.72 Å². The molecule has 0 unspecified atom stereocenters. The third-order valence-corrected chi connectivity index (χ3v) is 3.43. The van der Waals surface area contributed by atoms with E-state index >= 15 is 0 Å². The van der Waals surface area contributed by atoms with Crippen LogP contribution < -0.4 is 9.44 Å². The van der Waals surface area contributed by atoms with Crippen molar-refractivity contribution in [3.05, 3.63) is 0 Å². The van der Waals surface area contributed by atoms with Gasteiger partial charge in [0.1, 0.15) is 0 Å². The fraction of sp³-hybridized carbons (Fsp3) is 1.00. The molecule has 3 N–H and O–H groups in total. The van der Waals surface area contributed by atoms with Crippen molar-refractivity contribution in [3.8, 4) is 0 Å². The smallest absolute Gasteiger partial charge is 0.276 e. The van der Waals surface area contributed by atoms with Crippen LogP contribution in [0.25, 0.3) is 0 Å². The zero-order valence-electron chi connectivity index (χ0n) is 9.00. The zero-order valence-corrected chi connectivity index (χ0v) is 9.82. The Kier molecular flexibility index (Phi) is 5.58. The first-order chi connectivity index (χ1) is 6.39. The third-order valence-electron chi connectivity index (χ3n) is 2.24. The van der Waals surface area contributed by atoms with Gasteiger partial charge in [-0.05, 0) is 12.8 Å². The van der Waals surface area contributed by atoms with E-state index in [0.29, 0.717) is 19.4 Å². The summed E-state index contributed by atoms with van der Waals surface area (Å²) in [4.78, 5) is 0. The van der Waals surface area contributed by atoms with Crippen molar-refractivity contribution in [1.82, 2.24) is 9.44 Å². The Labute approximate surface area is 86.1 Å². The van der Waals surface area contributed by atoms with Crippen LogP contribution in [-0.2, 0) is 10.2 Å². The van der Waals surface area contributed by atoms with E-state index in [2.05, 4.69) is 9.44 Å². The van der Waals surface area contributed by atoms with Crippen molar-refractivity contribution in [1.29, 1.82) is 0 Å². The van der Waals surface area contributed by atoms with E-state index in [1.54, 1.807) is 6.92 Å². The third kappa shape index (κ3) is 4.90. The zero-order chi connectivity index (χ0) is 11.2. The van der Waals surface area contributed by atoms with Crippen LogP contribution in [0.3, 0.4) is 0 Å². The molecule has 0 saturated heterocycles. The number of rotatable bonds is 7.